The van der Waals surface area contributed by atoms with Crippen LogP contribution >= 0.6 is 0 Å². The first-order chi connectivity index (χ1) is 12.6. The maximum Gasteiger partial charge on any atom is 0.225 e. The molecule has 1 fully saturated rings. The van der Waals surface area contributed by atoms with E-state index in [0.717, 1.165) is 43.7 Å². The van der Waals surface area contributed by atoms with Gasteiger partial charge in [0.25, 0.3) is 0 Å². The fourth-order valence-corrected chi connectivity index (χ4v) is 3.95. The van der Waals surface area contributed by atoms with E-state index in [1.165, 1.54) is 11.1 Å². The summed E-state index contributed by atoms with van der Waals surface area (Å²) >= 11 is 0. The Labute approximate surface area is 152 Å². The van der Waals surface area contributed by atoms with Crippen LogP contribution in [0.1, 0.15) is 42.0 Å². The maximum absolute atomic E-state index is 11.9. The molecule has 2 aromatic rings. The van der Waals surface area contributed by atoms with Crippen molar-refractivity contribution < 1.29 is 9.59 Å². The van der Waals surface area contributed by atoms with E-state index < -0.39 is 5.91 Å². The lowest BCUT2D eigenvalue weighted by Crippen LogP contribution is -2.27. The Morgan fingerprint density at radius 1 is 1.19 bits per heavy atom. The van der Waals surface area contributed by atoms with E-state index in [9.17, 15) is 9.59 Å². The lowest BCUT2D eigenvalue weighted by atomic mass is 10.1. The molecule has 2 aliphatic rings. The quantitative estimate of drug-likeness (QED) is 0.836. The van der Waals surface area contributed by atoms with Gasteiger partial charge in [-0.25, -0.2) is 9.67 Å². The molecule has 2 N–H and O–H groups in total. The molecule has 1 aromatic heterocycles. The zero-order valence-electron chi connectivity index (χ0n) is 14.8. The van der Waals surface area contributed by atoms with Gasteiger partial charge in [-0.05, 0) is 42.9 Å². The van der Waals surface area contributed by atoms with Gasteiger partial charge in [-0.1, -0.05) is 12.1 Å². The van der Waals surface area contributed by atoms with Crippen LogP contribution in [0.25, 0.3) is 5.69 Å². The second-order valence-electron chi connectivity index (χ2n) is 7.00. The Bertz CT molecular complexity index is 858. The molecule has 0 saturated carbocycles. The van der Waals surface area contributed by atoms with Crippen molar-refractivity contribution in [1.82, 2.24) is 19.7 Å². The molecule has 2 heterocycles. The van der Waals surface area contributed by atoms with Crippen molar-refractivity contribution in [3.63, 3.8) is 0 Å². The molecule has 2 amide bonds. The normalized spacial score (nSPS) is 16.3. The number of rotatable bonds is 6. The largest absolute Gasteiger partial charge is 0.369 e. The molecule has 0 radical (unpaired) electrons. The van der Waals surface area contributed by atoms with E-state index in [1.807, 2.05) is 15.6 Å². The van der Waals surface area contributed by atoms with Gasteiger partial charge in [-0.2, -0.15) is 5.10 Å². The number of hydrogen-bond acceptors (Lipinski definition) is 4. The van der Waals surface area contributed by atoms with Gasteiger partial charge in [0.1, 0.15) is 5.82 Å². The molecular formula is C19H23N5O2. The van der Waals surface area contributed by atoms with E-state index in [1.54, 1.807) is 0 Å². The highest BCUT2D eigenvalue weighted by molar-refractivity contribution is 5.78. The number of amides is 2. The number of aryl methyl sites for hydroxylation is 1. The Balaban J connectivity index is 1.66. The molecule has 136 valence electrons. The Morgan fingerprint density at radius 2 is 2.08 bits per heavy atom. The summed E-state index contributed by atoms with van der Waals surface area (Å²) in [6.45, 7) is 1.43. The van der Waals surface area contributed by atoms with Crippen LogP contribution in [0.4, 0.5) is 0 Å². The maximum atomic E-state index is 11.9. The molecule has 26 heavy (non-hydrogen) atoms. The number of aromatic nitrogens is 3. The fraction of sp³-hybridized carbons (Fsp3) is 0.474. The smallest absolute Gasteiger partial charge is 0.225 e. The van der Waals surface area contributed by atoms with Crippen LogP contribution in [-0.4, -0.2) is 44.6 Å². The summed E-state index contributed by atoms with van der Waals surface area (Å²) < 4.78 is 1.85. The molecular weight excluding hydrogens is 330 g/mol. The van der Waals surface area contributed by atoms with Crippen molar-refractivity contribution in [2.45, 2.75) is 44.9 Å². The number of carbonyl (C=O) groups excluding carboxylic acids is 2. The first-order valence-electron chi connectivity index (χ1n) is 9.24. The van der Waals surface area contributed by atoms with Crippen LogP contribution in [0.5, 0.6) is 0 Å². The van der Waals surface area contributed by atoms with Crippen molar-refractivity contribution >= 4 is 11.8 Å². The number of benzene rings is 1. The Kier molecular flexibility index (Phi) is 4.44. The van der Waals surface area contributed by atoms with Gasteiger partial charge in [-0.15, -0.1) is 0 Å². The van der Waals surface area contributed by atoms with Crippen LogP contribution in [0.2, 0.25) is 0 Å². The summed E-state index contributed by atoms with van der Waals surface area (Å²) in [5.74, 6) is 0.979. The number of likely N-dealkylation sites (tertiary alicyclic amines) is 1. The summed E-state index contributed by atoms with van der Waals surface area (Å²) in [5, 5.41) is 4.56. The number of primary amides is 1. The van der Waals surface area contributed by atoms with Crippen LogP contribution in [0.15, 0.2) is 18.2 Å². The molecule has 0 bridgehead atoms. The Morgan fingerprint density at radius 3 is 2.85 bits per heavy atom. The van der Waals surface area contributed by atoms with Crippen LogP contribution in [0.3, 0.4) is 0 Å². The molecule has 4 rings (SSSR count). The first kappa shape index (κ1) is 16.8. The second kappa shape index (κ2) is 6.90. The van der Waals surface area contributed by atoms with Gasteiger partial charge in [0.2, 0.25) is 11.8 Å². The van der Waals surface area contributed by atoms with Crippen molar-refractivity contribution in [2.75, 3.05) is 13.1 Å². The number of hydrogen-bond donors (Lipinski definition) is 1. The van der Waals surface area contributed by atoms with Crippen molar-refractivity contribution in [3.05, 3.63) is 41.0 Å². The fourth-order valence-electron chi connectivity index (χ4n) is 3.95. The van der Waals surface area contributed by atoms with Crippen LogP contribution in [0, 0.1) is 0 Å². The topological polar surface area (TPSA) is 94.1 Å². The van der Waals surface area contributed by atoms with E-state index in [2.05, 4.69) is 22.2 Å². The van der Waals surface area contributed by atoms with Gasteiger partial charge >= 0.3 is 0 Å². The zero-order valence-corrected chi connectivity index (χ0v) is 14.8. The van der Waals surface area contributed by atoms with E-state index in [4.69, 9.17) is 5.73 Å². The average molecular weight is 353 g/mol. The van der Waals surface area contributed by atoms with Gasteiger partial charge in [-0.3, -0.25) is 9.59 Å². The lowest BCUT2D eigenvalue weighted by molar-refractivity contribution is -0.127. The first-order valence-corrected chi connectivity index (χ1v) is 9.24. The third-order valence-corrected chi connectivity index (χ3v) is 5.18. The molecule has 1 saturated heterocycles. The number of nitrogens with zero attached hydrogens (tertiary/aromatic N) is 4. The molecule has 0 unspecified atom stereocenters. The molecule has 1 aliphatic heterocycles. The minimum atomic E-state index is -0.443. The van der Waals surface area contributed by atoms with E-state index >= 15 is 0 Å². The van der Waals surface area contributed by atoms with Crippen molar-refractivity contribution in [3.8, 4) is 5.69 Å². The highest BCUT2D eigenvalue weighted by Gasteiger charge is 2.23. The highest BCUT2D eigenvalue weighted by atomic mass is 16.2. The highest BCUT2D eigenvalue weighted by Crippen LogP contribution is 2.28. The minimum Gasteiger partial charge on any atom is -0.369 e. The third-order valence-electron chi connectivity index (χ3n) is 5.18. The zero-order chi connectivity index (χ0) is 18.1. The van der Waals surface area contributed by atoms with Crippen molar-refractivity contribution in [2.24, 2.45) is 5.73 Å². The summed E-state index contributed by atoms with van der Waals surface area (Å²) in [4.78, 5) is 29.6. The van der Waals surface area contributed by atoms with Gasteiger partial charge < -0.3 is 10.6 Å². The summed E-state index contributed by atoms with van der Waals surface area (Å²) in [7, 11) is 0. The van der Waals surface area contributed by atoms with E-state index in [-0.39, 0.29) is 12.3 Å². The molecule has 1 aromatic carbocycles. The summed E-state index contributed by atoms with van der Waals surface area (Å²) in [5.41, 5.74) is 9.02. The lowest BCUT2D eigenvalue weighted by Gasteiger charge is -2.16. The predicted octanol–water partition coefficient (Wildman–Crippen LogP) is 0.949. The minimum absolute atomic E-state index is 0.0255. The van der Waals surface area contributed by atoms with Crippen molar-refractivity contribution in [1.29, 1.82) is 0 Å². The molecule has 0 spiro atoms. The average Bonchev–Trinajstić information content (AvgIpc) is 3.31. The number of fused-ring (bicyclic) bond motifs is 1. The SMILES string of the molecule is NC(=O)Cc1nc(CCN2CCCC2=O)n(-c2cccc3c2CCC3)n1. The standard InChI is InChI=1S/C19H23N5O2/c20-16(25)12-17-21-18(9-11-23-10-3-8-19(23)26)24(22-17)15-7-2-5-13-4-1-6-14(13)15/h2,5,7H,1,3-4,6,8-12H2,(H2,20,25). The predicted molar refractivity (Wildman–Crippen MR) is 95.8 cm³/mol. The van der Waals surface area contributed by atoms with Gasteiger partial charge in [0.05, 0.1) is 12.1 Å². The van der Waals surface area contributed by atoms with E-state index in [0.29, 0.717) is 25.2 Å². The summed E-state index contributed by atoms with van der Waals surface area (Å²) in [6.07, 6.45) is 5.45. The third kappa shape index (κ3) is 3.21. The second-order valence-corrected chi connectivity index (χ2v) is 7.00. The summed E-state index contributed by atoms with van der Waals surface area (Å²) in [6, 6.07) is 6.26. The Hall–Kier alpha value is -2.70. The van der Waals surface area contributed by atoms with Gasteiger partial charge in [0, 0.05) is 25.9 Å². The van der Waals surface area contributed by atoms with Gasteiger partial charge in [0.15, 0.2) is 5.82 Å². The number of nitrogens with two attached hydrogens (primary N) is 1. The van der Waals surface area contributed by atoms with Crippen LogP contribution in [-0.2, 0) is 35.3 Å². The monoisotopic (exact) mass is 353 g/mol. The number of carbonyl (C=O) groups is 2. The molecule has 0 atom stereocenters. The van der Waals surface area contributed by atoms with Crippen LogP contribution < -0.4 is 5.73 Å². The molecule has 1 aliphatic carbocycles. The molecule has 7 heteroatoms. The molecule has 7 nitrogen and oxygen atoms in total.